The van der Waals surface area contributed by atoms with Gasteiger partial charge in [-0.3, -0.25) is 4.79 Å². The number of unbranched alkanes of at least 4 members (excludes halogenated alkanes) is 1. The lowest BCUT2D eigenvalue weighted by molar-refractivity contribution is 0.0926. The zero-order valence-corrected chi connectivity index (χ0v) is 11.2. The standard InChI is InChI=1S/C13H23N3O2/c1-3-16(4-2)10-6-5-9-15-13(17)11-7-8-12(14)18-11/h7-8H,3-6,9-10,14H2,1-2H3,(H,15,17). The Hall–Kier alpha value is -1.49. The molecule has 18 heavy (non-hydrogen) atoms. The average molecular weight is 253 g/mol. The van der Waals surface area contributed by atoms with Gasteiger partial charge in [0.25, 0.3) is 5.91 Å². The van der Waals surface area contributed by atoms with Crippen molar-refractivity contribution < 1.29 is 9.21 Å². The number of rotatable bonds is 8. The Morgan fingerprint density at radius 1 is 1.33 bits per heavy atom. The van der Waals surface area contributed by atoms with Crippen molar-refractivity contribution in [3.8, 4) is 0 Å². The maximum atomic E-state index is 11.6. The largest absolute Gasteiger partial charge is 0.436 e. The van der Waals surface area contributed by atoms with E-state index in [-0.39, 0.29) is 17.6 Å². The maximum Gasteiger partial charge on any atom is 0.287 e. The molecule has 5 heteroatoms. The molecule has 5 nitrogen and oxygen atoms in total. The van der Waals surface area contributed by atoms with Gasteiger partial charge in [-0.05, 0) is 38.5 Å². The highest BCUT2D eigenvalue weighted by Gasteiger charge is 2.08. The first-order chi connectivity index (χ1) is 8.67. The molecule has 0 fully saturated rings. The topological polar surface area (TPSA) is 71.5 Å². The van der Waals surface area contributed by atoms with Crippen molar-refractivity contribution in [2.24, 2.45) is 0 Å². The number of amides is 1. The summed E-state index contributed by atoms with van der Waals surface area (Å²) in [6.07, 6.45) is 2.06. The second-order valence-corrected chi connectivity index (χ2v) is 4.19. The molecule has 0 saturated heterocycles. The van der Waals surface area contributed by atoms with Gasteiger partial charge in [0.05, 0.1) is 0 Å². The van der Waals surface area contributed by atoms with Crippen LogP contribution < -0.4 is 11.1 Å². The van der Waals surface area contributed by atoms with Crippen LogP contribution in [0.5, 0.6) is 0 Å². The third-order valence-electron chi connectivity index (χ3n) is 2.93. The van der Waals surface area contributed by atoms with Crippen molar-refractivity contribution in [2.45, 2.75) is 26.7 Å². The molecular formula is C13H23N3O2. The van der Waals surface area contributed by atoms with Gasteiger partial charge >= 0.3 is 0 Å². The summed E-state index contributed by atoms with van der Waals surface area (Å²) in [6.45, 7) is 8.22. The van der Waals surface area contributed by atoms with E-state index in [4.69, 9.17) is 10.2 Å². The minimum atomic E-state index is -0.200. The molecule has 0 atom stereocenters. The van der Waals surface area contributed by atoms with Crippen LogP contribution in [0.2, 0.25) is 0 Å². The summed E-state index contributed by atoms with van der Waals surface area (Å²) >= 11 is 0. The molecule has 1 rings (SSSR count). The first-order valence-corrected chi connectivity index (χ1v) is 6.53. The van der Waals surface area contributed by atoms with Gasteiger partial charge < -0.3 is 20.4 Å². The summed E-state index contributed by atoms with van der Waals surface area (Å²) in [5.41, 5.74) is 5.40. The number of nitrogens with one attached hydrogen (secondary N) is 1. The third kappa shape index (κ3) is 4.79. The van der Waals surface area contributed by atoms with E-state index in [2.05, 4.69) is 24.1 Å². The van der Waals surface area contributed by atoms with Gasteiger partial charge in [0.2, 0.25) is 0 Å². The Morgan fingerprint density at radius 2 is 2.06 bits per heavy atom. The van der Waals surface area contributed by atoms with Crippen LogP contribution in [0.3, 0.4) is 0 Å². The number of nitrogen functional groups attached to an aromatic ring is 1. The van der Waals surface area contributed by atoms with E-state index < -0.39 is 0 Å². The highest BCUT2D eigenvalue weighted by Crippen LogP contribution is 2.08. The number of furan rings is 1. The third-order valence-corrected chi connectivity index (χ3v) is 2.93. The molecule has 1 heterocycles. The summed E-state index contributed by atoms with van der Waals surface area (Å²) < 4.78 is 5.03. The number of nitrogens with two attached hydrogens (primary N) is 1. The van der Waals surface area contributed by atoms with Crippen molar-refractivity contribution in [3.05, 3.63) is 17.9 Å². The summed E-state index contributed by atoms with van der Waals surface area (Å²) in [4.78, 5) is 14.0. The Balaban J connectivity index is 2.13. The van der Waals surface area contributed by atoms with E-state index in [0.29, 0.717) is 6.54 Å². The molecule has 0 aliphatic heterocycles. The molecule has 1 amide bonds. The van der Waals surface area contributed by atoms with E-state index in [9.17, 15) is 4.79 Å². The molecule has 0 radical (unpaired) electrons. The fourth-order valence-electron chi connectivity index (χ4n) is 1.76. The van der Waals surface area contributed by atoms with Gasteiger partial charge in [0.15, 0.2) is 11.6 Å². The molecule has 0 saturated carbocycles. The zero-order chi connectivity index (χ0) is 13.4. The summed E-state index contributed by atoms with van der Waals surface area (Å²) in [5.74, 6) is 0.340. The fraction of sp³-hybridized carbons (Fsp3) is 0.615. The van der Waals surface area contributed by atoms with Crippen molar-refractivity contribution in [2.75, 3.05) is 31.9 Å². The number of hydrogen-bond donors (Lipinski definition) is 2. The van der Waals surface area contributed by atoms with Gasteiger partial charge in [0, 0.05) is 12.6 Å². The van der Waals surface area contributed by atoms with E-state index in [1.165, 1.54) is 0 Å². The van der Waals surface area contributed by atoms with E-state index in [1.54, 1.807) is 12.1 Å². The van der Waals surface area contributed by atoms with Crippen LogP contribution in [0.1, 0.15) is 37.2 Å². The van der Waals surface area contributed by atoms with Gasteiger partial charge in [-0.15, -0.1) is 0 Å². The summed E-state index contributed by atoms with van der Waals surface area (Å²) in [5, 5.41) is 2.82. The SMILES string of the molecule is CCN(CC)CCCCNC(=O)c1ccc(N)o1. The molecule has 1 aromatic heterocycles. The summed E-state index contributed by atoms with van der Waals surface area (Å²) in [6, 6.07) is 3.16. The van der Waals surface area contributed by atoms with Crippen molar-refractivity contribution in [1.82, 2.24) is 10.2 Å². The number of carbonyl (C=O) groups excluding carboxylic acids is 1. The van der Waals surface area contributed by atoms with Gasteiger partial charge in [-0.1, -0.05) is 13.8 Å². The molecule has 0 aliphatic carbocycles. The normalized spacial score (nSPS) is 10.8. The second-order valence-electron chi connectivity index (χ2n) is 4.19. The fourth-order valence-corrected chi connectivity index (χ4v) is 1.76. The lowest BCUT2D eigenvalue weighted by Crippen LogP contribution is -2.27. The molecule has 3 N–H and O–H groups in total. The smallest absolute Gasteiger partial charge is 0.287 e. The first kappa shape index (κ1) is 14.6. The van der Waals surface area contributed by atoms with E-state index in [1.807, 2.05) is 0 Å². The van der Waals surface area contributed by atoms with Gasteiger partial charge in [0.1, 0.15) is 0 Å². The van der Waals surface area contributed by atoms with Crippen LogP contribution >= 0.6 is 0 Å². The highest BCUT2D eigenvalue weighted by molar-refractivity contribution is 5.91. The Morgan fingerprint density at radius 3 is 2.61 bits per heavy atom. The molecule has 102 valence electrons. The highest BCUT2D eigenvalue weighted by atomic mass is 16.4. The van der Waals surface area contributed by atoms with E-state index in [0.717, 1.165) is 32.5 Å². The number of carbonyl (C=O) groups is 1. The lowest BCUT2D eigenvalue weighted by Gasteiger charge is -2.17. The monoisotopic (exact) mass is 253 g/mol. The first-order valence-electron chi connectivity index (χ1n) is 6.53. The number of nitrogens with zero attached hydrogens (tertiary/aromatic N) is 1. The zero-order valence-electron chi connectivity index (χ0n) is 11.2. The second kappa shape index (κ2) is 7.76. The molecule has 0 unspecified atom stereocenters. The molecule has 0 bridgehead atoms. The Kier molecular flexibility index (Phi) is 6.28. The molecule has 0 aliphatic rings. The maximum absolute atomic E-state index is 11.6. The van der Waals surface area contributed by atoms with Crippen LogP contribution in [-0.4, -0.2) is 37.0 Å². The molecule has 1 aromatic rings. The minimum Gasteiger partial charge on any atom is -0.436 e. The summed E-state index contributed by atoms with van der Waals surface area (Å²) in [7, 11) is 0. The Bertz CT molecular complexity index is 359. The van der Waals surface area contributed by atoms with E-state index >= 15 is 0 Å². The van der Waals surface area contributed by atoms with Gasteiger partial charge in [-0.25, -0.2) is 0 Å². The Labute approximate surface area is 108 Å². The van der Waals surface area contributed by atoms with Crippen molar-refractivity contribution in [1.29, 1.82) is 0 Å². The van der Waals surface area contributed by atoms with Crippen molar-refractivity contribution >= 4 is 11.8 Å². The van der Waals surface area contributed by atoms with Crippen LogP contribution in [0.25, 0.3) is 0 Å². The van der Waals surface area contributed by atoms with Crippen LogP contribution in [-0.2, 0) is 0 Å². The lowest BCUT2D eigenvalue weighted by atomic mass is 10.3. The van der Waals surface area contributed by atoms with Crippen LogP contribution in [0, 0.1) is 0 Å². The van der Waals surface area contributed by atoms with Crippen LogP contribution in [0.15, 0.2) is 16.5 Å². The molecule has 0 spiro atoms. The number of anilines is 1. The predicted molar refractivity (Wildman–Crippen MR) is 72.5 cm³/mol. The minimum absolute atomic E-state index is 0.200. The predicted octanol–water partition coefficient (Wildman–Crippen LogP) is 1.71. The van der Waals surface area contributed by atoms with Gasteiger partial charge in [-0.2, -0.15) is 0 Å². The van der Waals surface area contributed by atoms with Crippen molar-refractivity contribution in [3.63, 3.8) is 0 Å². The van der Waals surface area contributed by atoms with Crippen LogP contribution in [0.4, 0.5) is 5.88 Å². The molecule has 0 aromatic carbocycles. The molecular weight excluding hydrogens is 230 g/mol. The quantitative estimate of drug-likeness (QED) is 0.692. The average Bonchev–Trinajstić information content (AvgIpc) is 2.80. The number of hydrogen-bond acceptors (Lipinski definition) is 4.